The number of hydrogen-bond acceptors (Lipinski definition) is 6. The first kappa shape index (κ1) is 11.9. The van der Waals surface area contributed by atoms with Gasteiger partial charge in [-0.25, -0.2) is 4.98 Å². The second-order valence-corrected chi connectivity index (χ2v) is 4.70. The molecule has 0 saturated carbocycles. The van der Waals surface area contributed by atoms with E-state index in [1.54, 1.807) is 11.8 Å². The molecular weight excluding hydrogens is 240 g/mol. The molecule has 2 aromatic rings. The molecule has 2 aromatic heterocycles. The third kappa shape index (κ3) is 2.11. The molecule has 0 amide bonds. The average molecular weight is 252 g/mol. The molecule has 2 rings (SSSR count). The normalized spacial score (nSPS) is 10.8. The Kier molecular flexibility index (Phi) is 3.30. The minimum atomic E-state index is 0.277. The molecule has 2 heterocycles. The molecular formula is C10H12N4O2S. The first-order valence-electron chi connectivity index (χ1n) is 5.00. The Hall–Kier alpha value is -1.60. The summed E-state index contributed by atoms with van der Waals surface area (Å²) in [6, 6.07) is 0. The number of ether oxygens (including phenoxy) is 1. The van der Waals surface area contributed by atoms with Gasteiger partial charge in [0.15, 0.2) is 12.0 Å². The molecule has 0 atom stereocenters. The van der Waals surface area contributed by atoms with Crippen LogP contribution in [0.4, 0.5) is 0 Å². The van der Waals surface area contributed by atoms with Crippen molar-refractivity contribution in [2.24, 2.45) is 0 Å². The lowest BCUT2D eigenvalue weighted by molar-refractivity contribution is 0.111. The van der Waals surface area contributed by atoms with Crippen LogP contribution >= 0.6 is 11.3 Å². The highest BCUT2D eigenvalue weighted by Crippen LogP contribution is 2.21. The van der Waals surface area contributed by atoms with E-state index >= 15 is 0 Å². The number of aryl methyl sites for hydroxylation is 2. The van der Waals surface area contributed by atoms with Gasteiger partial charge in [-0.2, -0.15) is 4.68 Å². The van der Waals surface area contributed by atoms with Gasteiger partial charge in [-0.3, -0.25) is 4.79 Å². The van der Waals surface area contributed by atoms with Crippen LogP contribution in [-0.4, -0.2) is 33.4 Å². The Morgan fingerprint density at radius 1 is 1.47 bits per heavy atom. The monoisotopic (exact) mass is 252 g/mol. The van der Waals surface area contributed by atoms with Gasteiger partial charge < -0.3 is 4.74 Å². The Balaban J connectivity index is 2.51. The molecule has 0 bridgehead atoms. The highest BCUT2D eigenvalue weighted by Gasteiger charge is 2.16. The maximum atomic E-state index is 10.8. The van der Waals surface area contributed by atoms with Gasteiger partial charge >= 0.3 is 0 Å². The van der Waals surface area contributed by atoms with E-state index in [2.05, 4.69) is 15.3 Å². The van der Waals surface area contributed by atoms with Crippen molar-refractivity contribution in [3.8, 4) is 5.13 Å². The highest BCUT2D eigenvalue weighted by molar-refractivity contribution is 7.14. The third-order valence-electron chi connectivity index (χ3n) is 2.38. The molecule has 7 heteroatoms. The molecule has 0 aliphatic rings. The van der Waals surface area contributed by atoms with Crippen molar-refractivity contribution < 1.29 is 9.53 Å². The van der Waals surface area contributed by atoms with Crippen molar-refractivity contribution in [2.75, 3.05) is 7.11 Å². The summed E-state index contributed by atoms with van der Waals surface area (Å²) in [5.41, 5.74) is 1.87. The van der Waals surface area contributed by atoms with Crippen LogP contribution < -0.4 is 0 Å². The van der Waals surface area contributed by atoms with Gasteiger partial charge in [-0.05, 0) is 13.8 Å². The van der Waals surface area contributed by atoms with Crippen LogP contribution in [0.15, 0.2) is 0 Å². The first-order valence-corrected chi connectivity index (χ1v) is 5.82. The molecule has 0 unspecified atom stereocenters. The van der Waals surface area contributed by atoms with Crippen LogP contribution in [-0.2, 0) is 11.3 Å². The number of carbonyl (C=O) groups is 1. The van der Waals surface area contributed by atoms with Gasteiger partial charge in [0.1, 0.15) is 5.69 Å². The molecule has 0 aromatic carbocycles. The number of aldehydes is 1. The van der Waals surface area contributed by atoms with E-state index in [-0.39, 0.29) is 12.3 Å². The van der Waals surface area contributed by atoms with Crippen molar-refractivity contribution in [2.45, 2.75) is 20.5 Å². The summed E-state index contributed by atoms with van der Waals surface area (Å²) in [5.74, 6) is 0. The topological polar surface area (TPSA) is 69.9 Å². The molecule has 0 fully saturated rings. The van der Waals surface area contributed by atoms with Crippen molar-refractivity contribution >= 4 is 17.6 Å². The summed E-state index contributed by atoms with van der Waals surface area (Å²) in [4.78, 5) is 16.3. The van der Waals surface area contributed by atoms with Crippen LogP contribution in [0.1, 0.15) is 26.8 Å². The van der Waals surface area contributed by atoms with Gasteiger partial charge in [0, 0.05) is 12.0 Å². The van der Waals surface area contributed by atoms with E-state index in [9.17, 15) is 4.79 Å². The van der Waals surface area contributed by atoms with Crippen LogP contribution in [0, 0.1) is 13.8 Å². The number of methoxy groups -OCH3 is 1. The van der Waals surface area contributed by atoms with E-state index in [1.165, 1.54) is 11.3 Å². The summed E-state index contributed by atoms with van der Waals surface area (Å²) in [6.07, 6.45) is 0.672. The molecule has 17 heavy (non-hydrogen) atoms. The predicted octanol–water partition coefficient (Wildman–Crippen LogP) is 1.30. The number of hydrogen-bond donors (Lipinski definition) is 0. The zero-order chi connectivity index (χ0) is 12.4. The summed E-state index contributed by atoms with van der Waals surface area (Å²) < 4.78 is 6.60. The summed E-state index contributed by atoms with van der Waals surface area (Å²) in [6.45, 7) is 4.20. The Labute approximate surface area is 102 Å². The van der Waals surface area contributed by atoms with Crippen LogP contribution in [0.3, 0.4) is 0 Å². The number of carbonyl (C=O) groups excluding carboxylic acids is 1. The molecule has 0 spiro atoms. The van der Waals surface area contributed by atoms with Gasteiger partial charge in [-0.1, -0.05) is 16.6 Å². The predicted molar refractivity (Wildman–Crippen MR) is 62.6 cm³/mol. The second-order valence-electron chi connectivity index (χ2n) is 3.52. The van der Waals surface area contributed by atoms with E-state index in [0.29, 0.717) is 17.1 Å². The van der Waals surface area contributed by atoms with Crippen molar-refractivity contribution in [3.05, 3.63) is 22.0 Å². The number of nitrogens with zero attached hydrogens (tertiary/aromatic N) is 4. The van der Waals surface area contributed by atoms with Gasteiger partial charge in [0.05, 0.1) is 12.3 Å². The minimum Gasteiger partial charge on any atom is -0.378 e. The fourth-order valence-corrected chi connectivity index (χ4v) is 2.26. The zero-order valence-corrected chi connectivity index (χ0v) is 10.6. The first-order chi connectivity index (χ1) is 8.17. The smallest absolute Gasteiger partial charge is 0.212 e. The molecule has 0 aliphatic heterocycles. The van der Waals surface area contributed by atoms with E-state index in [0.717, 1.165) is 10.6 Å². The molecule has 0 radical (unpaired) electrons. The summed E-state index contributed by atoms with van der Waals surface area (Å²) in [7, 11) is 1.56. The quantitative estimate of drug-likeness (QED) is 0.767. The van der Waals surface area contributed by atoms with E-state index < -0.39 is 0 Å². The lowest BCUT2D eigenvalue weighted by atomic mass is 10.3. The van der Waals surface area contributed by atoms with E-state index in [4.69, 9.17) is 4.74 Å². The Bertz CT molecular complexity index is 527. The highest BCUT2D eigenvalue weighted by atomic mass is 32.1. The zero-order valence-electron chi connectivity index (χ0n) is 9.80. The summed E-state index contributed by atoms with van der Waals surface area (Å²) in [5, 5.41) is 8.44. The van der Waals surface area contributed by atoms with Crippen molar-refractivity contribution in [1.29, 1.82) is 0 Å². The third-order valence-corrected chi connectivity index (χ3v) is 3.43. The van der Waals surface area contributed by atoms with Crippen LogP contribution in [0.25, 0.3) is 5.13 Å². The van der Waals surface area contributed by atoms with Crippen molar-refractivity contribution in [3.63, 3.8) is 0 Å². The number of rotatable bonds is 4. The minimum absolute atomic E-state index is 0.277. The van der Waals surface area contributed by atoms with Crippen molar-refractivity contribution in [1.82, 2.24) is 20.0 Å². The maximum absolute atomic E-state index is 10.8. The average Bonchev–Trinajstić information content (AvgIpc) is 2.84. The van der Waals surface area contributed by atoms with E-state index in [1.807, 2.05) is 13.8 Å². The molecule has 0 saturated heterocycles. The number of thiazole rings is 1. The lowest BCUT2D eigenvalue weighted by Crippen LogP contribution is -2.04. The largest absolute Gasteiger partial charge is 0.378 e. The second kappa shape index (κ2) is 4.72. The SMILES string of the molecule is COCc1c(C=O)nnn1-c1nc(C)c(C)s1. The maximum Gasteiger partial charge on any atom is 0.212 e. The lowest BCUT2D eigenvalue weighted by Gasteiger charge is -2.01. The Morgan fingerprint density at radius 2 is 2.24 bits per heavy atom. The van der Waals surface area contributed by atoms with Crippen LogP contribution in [0.2, 0.25) is 0 Å². The fourth-order valence-electron chi connectivity index (χ4n) is 1.38. The number of aromatic nitrogens is 4. The van der Waals surface area contributed by atoms with Gasteiger partial charge in [0.25, 0.3) is 0 Å². The summed E-state index contributed by atoms with van der Waals surface area (Å²) >= 11 is 1.51. The standard InChI is InChI=1S/C10H12N4O2S/c1-6-7(2)17-10(11-6)14-9(5-16-3)8(4-15)12-13-14/h4H,5H2,1-3H3. The van der Waals surface area contributed by atoms with Gasteiger partial charge in [-0.15, -0.1) is 5.10 Å². The molecule has 6 nitrogen and oxygen atoms in total. The molecule has 0 aliphatic carbocycles. The molecule has 90 valence electrons. The Morgan fingerprint density at radius 3 is 2.76 bits per heavy atom. The molecule has 0 N–H and O–H groups in total. The van der Waals surface area contributed by atoms with Crippen LogP contribution in [0.5, 0.6) is 0 Å². The van der Waals surface area contributed by atoms with Gasteiger partial charge in [0.2, 0.25) is 5.13 Å². The fraction of sp³-hybridized carbons (Fsp3) is 0.400.